The number of likely N-dealkylation sites (N-methyl/N-ethyl adjacent to an activating group) is 1. The summed E-state index contributed by atoms with van der Waals surface area (Å²) in [5, 5.41) is 8.46. The van der Waals surface area contributed by atoms with Crippen LogP contribution in [0.4, 0.5) is 23.7 Å². The number of hydrogen-bond donors (Lipinski definition) is 2. The average Bonchev–Trinajstić information content (AvgIpc) is 3.11. The number of nitrogens with zero attached hydrogens (tertiary/aromatic N) is 3. The van der Waals surface area contributed by atoms with E-state index in [9.17, 15) is 18.0 Å². The van der Waals surface area contributed by atoms with Gasteiger partial charge in [0.2, 0.25) is 0 Å². The van der Waals surface area contributed by atoms with Gasteiger partial charge in [-0.25, -0.2) is 4.79 Å². The first-order valence-electron chi connectivity index (χ1n) is 8.19. The van der Waals surface area contributed by atoms with Crippen molar-refractivity contribution in [3.8, 4) is 0 Å². The van der Waals surface area contributed by atoms with E-state index in [1.807, 2.05) is 37.4 Å². The first-order chi connectivity index (χ1) is 12.3. The number of carbonyl (C=O) groups is 1. The topological polar surface area (TPSA) is 62.2 Å². The molecule has 1 aliphatic heterocycles. The lowest BCUT2D eigenvalue weighted by Gasteiger charge is -2.26. The van der Waals surface area contributed by atoms with Gasteiger partial charge in [-0.3, -0.25) is 9.58 Å². The second kappa shape index (κ2) is 6.99. The average molecular weight is 367 g/mol. The molecule has 1 aliphatic rings. The fraction of sp³-hybridized carbons (Fsp3) is 0.412. The molecule has 6 nitrogen and oxygen atoms in total. The zero-order chi connectivity index (χ0) is 18.9. The minimum Gasteiger partial charge on any atom is -0.333 e. The number of benzene rings is 1. The predicted molar refractivity (Wildman–Crippen MR) is 90.6 cm³/mol. The molecule has 2 atom stereocenters. The van der Waals surface area contributed by atoms with E-state index >= 15 is 0 Å². The summed E-state index contributed by atoms with van der Waals surface area (Å²) in [5.41, 5.74) is -0.423. The normalized spacial score (nSPS) is 21.0. The Kier molecular flexibility index (Phi) is 4.90. The number of nitrogens with one attached hydrogen (secondary N) is 2. The van der Waals surface area contributed by atoms with Crippen LogP contribution in [-0.2, 0) is 13.2 Å². The Bertz CT molecular complexity index is 774. The van der Waals surface area contributed by atoms with Crippen LogP contribution in [0.2, 0.25) is 0 Å². The fourth-order valence-electron chi connectivity index (χ4n) is 3.35. The van der Waals surface area contributed by atoms with E-state index in [1.165, 1.54) is 7.05 Å². The number of halogens is 3. The van der Waals surface area contributed by atoms with Crippen LogP contribution in [0, 0.1) is 0 Å². The van der Waals surface area contributed by atoms with Gasteiger partial charge in [-0.15, -0.1) is 0 Å². The Labute approximate surface area is 149 Å². The van der Waals surface area contributed by atoms with Crippen molar-refractivity contribution in [2.45, 2.75) is 24.7 Å². The third-order valence-corrected chi connectivity index (χ3v) is 4.45. The van der Waals surface area contributed by atoms with Crippen molar-refractivity contribution in [3.63, 3.8) is 0 Å². The van der Waals surface area contributed by atoms with Crippen molar-refractivity contribution in [1.29, 1.82) is 0 Å². The summed E-state index contributed by atoms with van der Waals surface area (Å²) in [7, 11) is 3.33. The maximum absolute atomic E-state index is 13.0. The third-order valence-electron chi connectivity index (χ3n) is 4.45. The summed E-state index contributed by atoms with van der Waals surface area (Å²) in [6.45, 7) is 0.783. The Hall–Kier alpha value is -2.55. The number of hydrogen-bond acceptors (Lipinski definition) is 3. The molecule has 0 spiro atoms. The Morgan fingerprint density at radius 1 is 1.23 bits per heavy atom. The van der Waals surface area contributed by atoms with Crippen molar-refractivity contribution in [1.82, 2.24) is 20.0 Å². The minimum atomic E-state index is -4.63. The van der Waals surface area contributed by atoms with Gasteiger partial charge in [-0.1, -0.05) is 30.3 Å². The maximum Gasteiger partial charge on any atom is 0.437 e. The van der Waals surface area contributed by atoms with Crippen LogP contribution in [-0.4, -0.2) is 40.3 Å². The highest BCUT2D eigenvalue weighted by Crippen LogP contribution is 2.34. The van der Waals surface area contributed by atoms with Gasteiger partial charge in [0.15, 0.2) is 5.69 Å². The van der Waals surface area contributed by atoms with E-state index in [4.69, 9.17) is 0 Å². The zero-order valence-corrected chi connectivity index (χ0v) is 14.4. The summed E-state index contributed by atoms with van der Waals surface area (Å²) in [6, 6.07) is 8.79. The molecule has 2 amide bonds. The van der Waals surface area contributed by atoms with Gasteiger partial charge < -0.3 is 10.6 Å². The summed E-state index contributed by atoms with van der Waals surface area (Å²) < 4.78 is 40.0. The quantitative estimate of drug-likeness (QED) is 0.877. The van der Waals surface area contributed by atoms with Crippen LogP contribution >= 0.6 is 0 Å². The van der Waals surface area contributed by atoms with Gasteiger partial charge >= 0.3 is 12.2 Å². The van der Waals surface area contributed by atoms with Gasteiger partial charge in [0.25, 0.3) is 0 Å². The lowest BCUT2D eigenvalue weighted by atomic mass is 10.0. The molecule has 140 valence electrons. The lowest BCUT2D eigenvalue weighted by Crippen LogP contribution is -2.41. The van der Waals surface area contributed by atoms with Gasteiger partial charge in [0.1, 0.15) is 0 Å². The second-order valence-corrected chi connectivity index (χ2v) is 6.39. The number of anilines is 1. The fourth-order valence-corrected chi connectivity index (χ4v) is 3.35. The zero-order valence-electron chi connectivity index (χ0n) is 14.4. The number of likely N-dealkylation sites (tertiary alicyclic amines) is 1. The molecule has 26 heavy (non-hydrogen) atoms. The van der Waals surface area contributed by atoms with Crippen molar-refractivity contribution in [3.05, 3.63) is 47.8 Å². The summed E-state index contributed by atoms with van der Waals surface area (Å²) in [5.74, 6) is 0. The molecule has 1 aromatic carbocycles. The molecule has 2 unspecified atom stereocenters. The van der Waals surface area contributed by atoms with E-state index in [2.05, 4.69) is 20.6 Å². The van der Waals surface area contributed by atoms with Gasteiger partial charge in [-0.2, -0.15) is 18.3 Å². The number of carbonyl (C=O) groups excluding carboxylic acids is 1. The summed E-state index contributed by atoms with van der Waals surface area (Å²) in [6.07, 6.45) is -2.79. The van der Waals surface area contributed by atoms with Crippen LogP contribution in [0.15, 0.2) is 36.5 Å². The molecule has 2 aromatic rings. The number of aromatic nitrogens is 2. The van der Waals surface area contributed by atoms with Gasteiger partial charge in [-0.05, 0) is 19.0 Å². The van der Waals surface area contributed by atoms with E-state index in [1.54, 1.807) is 0 Å². The summed E-state index contributed by atoms with van der Waals surface area (Å²) in [4.78, 5) is 14.4. The van der Waals surface area contributed by atoms with Crippen LogP contribution in [0.3, 0.4) is 0 Å². The highest BCUT2D eigenvalue weighted by molar-refractivity contribution is 5.90. The molecule has 1 saturated heterocycles. The standard InChI is InChI=1S/C17H20F3N5O/c1-24-9-8-12(14(24)11-6-4-3-5-7-11)21-16(26)22-13-10-25(2)23-15(13)17(18,19)20/h3-7,10,12,14H,8-9H2,1-2H3,(H2,21,22,26). The Morgan fingerprint density at radius 3 is 2.58 bits per heavy atom. The highest BCUT2D eigenvalue weighted by atomic mass is 19.4. The molecule has 3 rings (SSSR count). The molecule has 0 saturated carbocycles. The minimum absolute atomic E-state index is 0.0297. The van der Waals surface area contributed by atoms with Crippen LogP contribution in [0.25, 0.3) is 0 Å². The predicted octanol–water partition coefficient (Wildman–Crippen LogP) is 3.01. The van der Waals surface area contributed by atoms with Crippen molar-refractivity contribution >= 4 is 11.7 Å². The molecular formula is C17H20F3N5O. The molecule has 2 heterocycles. The van der Waals surface area contributed by atoms with Crippen LogP contribution in [0.5, 0.6) is 0 Å². The highest BCUT2D eigenvalue weighted by Gasteiger charge is 2.38. The molecule has 0 aliphatic carbocycles. The molecule has 0 radical (unpaired) electrons. The molecule has 9 heteroatoms. The molecule has 0 bridgehead atoms. The van der Waals surface area contributed by atoms with Crippen LogP contribution < -0.4 is 10.6 Å². The summed E-state index contributed by atoms with van der Waals surface area (Å²) >= 11 is 0. The SMILES string of the molecule is CN1CCC(NC(=O)Nc2cn(C)nc2C(F)(F)F)C1c1ccccc1. The molecule has 2 N–H and O–H groups in total. The molecule has 1 aromatic heterocycles. The van der Waals surface area contributed by atoms with Crippen molar-refractivity contribution in [2.75, 3.05) is 18.9 Å². The first kappa shape index (κ1) is 18.2. The number of amides is 2. The third kappa shape index (κ3) is 3.82. The van der Waals surface area contributed by atoms with E-state index < -0.39 is 17.9 Å². The first-order valence-corrected chi connectivity index (χ1v) is 8.19. The van der Waals surface area contributed by atoms with E-state index in [-0.39, 0.29) is 17.8 Å². The second-order valence-electron chi connectivity index (χ2n) is 6.39. The van der Waals surface area contributed by atoms with Crippen molar-refractivity contribution < 1.29 is 18.0 Å². The lowest BCUT2D eigenvalue weighted by molar-refractivity contribution is -0.140. The van der Waals surface area contributed by atoms with Crippen LogP contribution in [0.1, 0.15) is 23.7 Å². The van der Waals surface area contributed by atoms with E-state index in [0.29, 0.717) is 6.42 Å². The smallest absolute Gasteiger partial charge is 0.333 e. The van der Waals surface area contributed by atoms with Crippen molar-refractivity contribution in [2.24, 2.45) is 7.05 Å². The number of aryl methyl sites for hydroxylation is 1. The maximum atomic E-state index is 13.0. The monoisotopic (exact) mass is 367 g/mol. The largest absolute Gasteiger partial charge is 0.437 e. The molecular weight excluding hydrogens is 347 g/mol. The van der Waals surface area contributed by atoms with Gasteiger partial charge in [0, 0.05) is 19.8 Å². The number of urea groups is 1. The molecule has 1 fully saturated rings. The number of alkyl halides is 3. The Balaban J connectivity index is 1.72. The van der Waals surface area contributed by atoms with Gasteiger partial charge in [0.05, 0.1) is 17.8 Å². The number of rotatable bonds is 3. The van der Waals surface area contributed by atoms with E-state index in [0.717, 1.165) is 23.0 Å². The Morgan fingerprint density at radius 2 is 1.92 bits per heavy atom.